The molecule has 0 bridgehead atoms. The van der Waals surface area contributed by atoms with Crippen molar-refractivity contribution in [2.45, 2.75) is 32.9 Å². The molecule has 5 heteroatoms. The lowest BCUT2D eigenvalue weighted by Crippen LogP contribution is -2.29. The standard InChI is InChI=1S/C12H22N4O/c1-9(2)17-12-6-11(13-8-14-12)15-10(3)7-16(4)5/h6,8-10H,7H2,1-5H3,(H,13,14,15). The SMILES string of the molecule is CC(CN(C)C)Nc1cc(OC(C)C)ncn1. The second kappa shape index (κ2) is 6.39. The summed E-state index contributed by atoms with van der Waals surface area (Å²) in [6.45, 7) is 7.02. The summed E-state index contributed by atoms with van der Waals surface area (Å²) in [6.07, 6.45) is 1.64. The van der Waals surface area contributed by atoms with Crippen molar-refractivity contribution in [3.05, 3.63) is 12.4 Å². The molecule has 1 aromatic rings. The lowest BCUT2D eigenvalue weighted by Gasteiger charge is -2.19. The first-order chi connectivity index (χ1) is 7.97. The van der Waals surface area contributed by atoms with Gasteiger partial charge in [-0.2, -0.15) is 0 Å². The monoisotopic (exact) mass is 238 g/mol. The molecular weight excluding hydrogens is 216 g/mol. The van der Waals surface area contributed by atoms with Gasteiger partial charge in [0.25, 0.3) is 0 Å². The quantitative estimate of drug-likeness (QED) is 0.816. The van der Waals surface area contributed by atoms with Crippen LogP contribution in [0.1, 0.15) is 20.8 Å². The molecule has 0 aliphatic rings. The van der Waals surface area contributed by atoms with E-state index >= 15 is 0 Å². The zero-order chi connectivity index (χ0) is 12.8. The molecule has 0 fully saturated rings. The van der Waals surface area contributed by atoms with E-state index in [-0.39, 0.29) is 6.10 Å². The van der Waals surface area contributed by atoms with Gasteiger partial charge >= 0.3 is 0 Å². The molecule has 1 atom stereocenters. The molecule has 1 unspecified atom stereocenters. The van der Waals surface area contributed by atoms with Crippen molar-refractivity contribution >= 4 is 5.82 Å². The topological polar surface area (TPSA) is 50.3 Å². The number of rotatable bonds is 6. The molecule has 5 nitrogen and oxygen atoms in total. The van der Waals surface area contributed by atoms with Crippen LogP contribution in [0.2, 0.25) is 0 Å². The Labute approximate surface area is 103 Å². The second-order valence-electron chi connectivity index (χ2n) is 4.72. The molecule has 0 saturated carbocycles. The molecule has 0 radical (unpaired) electrons. The van der Waals surface area contributed by atoms with Crippen LogP contribution in [-0.4, -0.2) is 47.7 Å². The van der Waals surface area contributed by atoms with Gasteiger partial charge in [0.15, 0.2) is 0 Å². The van der Waals surface area contributed by atoms with Crippen LogP contribution in [0.4, 0.5) is 5.82 Å². The Bertz CT molecular complexity index is 341. The molecule has 1 N–H and O–H groups in total. The second-order valence-corrected chi connectivity index (χ2v) is 4.72. The number of hydrogen-bond donors (Lipinski definition) is 1. The lowest BCUT2D eigenvalue weighted by atomic mass is 10.3. The molecule has 96 valence electrons. The molecule has 1 rings (SSSR count). The van der Waals surface area contributed by atoms with E-state index in [0.717, 1.165) is 12.4 Å². The molecule has 17 heavy (non-hydrogen) atoms. The number of ether oxygens (including phenoxy) is 1. The predicted octanol–water partition coefficient (Wildman–Crippen LogP) is 1.63. The molecule has 1 heterocycles. The highest BCUT2D eigenvalue weighted by atomic mass is 16.5. The van der Waals surface area contributed by atoms with Gasteiger partial charge in [-0.3, -0.25) is 0 Å². The van der Waals surface area contributed by atoms with Crippen molar-refractivity contribution in [2.75, 3.05) is 26.0 Å². The third-order valence-electron chi connectivity index (χ3n) is 2.03. The summed E-state index contributed by atoms with van der Waals surface area (Å²) in [5.74, 6) is 1.40. The summed E-state index contributed by atoms with van der Waals surface area (Å²) < 4.78 is 5.52. The first-order valence-corrected chi connectivity index (χ1v) is 5.87. The summed E-state index contributed by atoms with van der Waals surface area (Å²) in [7, 11) is 4.09. The number of likely N-dealkylation sites (N-methyl/N-ethyl adjacent to an activating group) is 1. The molecule has 0 aliphatic heterocycles. The minimum atomic E-state index is 0.122. The van der Waals surface area contributed by atoms with Crippen LogP contribution in [0, 0.1) is 0 Å². The van der Waals surface area contributed by atoms with E-state index in [4.69, 9.17) is 4.74 Å². The Morgan fingerprint density at radius 2 is 2.00 bits per heavy atom. The third-order valence-corrected chi connectivity index (χ3v) is 2.03. The van der Waals surface area contributed by atoms with E-state index < -0.39 is 0 Å². The Morgan fingerprint density at radius 1 is 1.29 bits per heavy atom. The van der Waals surface area contributed by atoms with E-state index in [2.05, 4.69) is 27.1 Å². The number of aromatic nitrogens is 2. The average molecular weight is 238 g/mol. The minimum absolute atomic E-state index is 0.122. The maximum absolute atomic E-state index is 5.52. The van der Waals surface area contributed by atoms with Gasteiger partial charge in [0.2, 0.25) is 5.88 Å². The fourth-order valence-corrected chi connectivity index (χ4v) is 1.57. The van der Waals surface area contributed by atoms with Crippen LogP contribution < -0.4 is 10.1 Å². The van der Waals surface area contributed by atoms with Gasteiger partial charge in [0.1, 0.15) is 12.1 Å². The van der Waals surface area contributed by atoms with Crippen LogP contribution in [0.25, 0.3) is 0 Å². The highest BCUT2D eigenvalue weighted by molar-refractivity contribution is 5.38. The van der Waals surface area contributed by atoms with Crippen molar-refractivity contribution in [3.8, 4) is 5.88 Å². The molecule has 0 saturated heterocycles. The maximum Gasteiger partial charge on any atom is 0.218 e. The summed E-state index contributed by atoms with van der Waals surface area (Å²) in [6, 6.07) is 2.15. The number of anilines is 1. The molecule has 0 aromatic carbocycles. The zero-order valence-corrected chi connectivity index (χ0v) is 11.3. The van der Waals surface area contributed by atoms with E-state index in [1.165, 1.54) is 6.33 Å². The Balaban J connectivity index is 2.59. The van der Waals surface area contributed by atoms with Crippen LogP contribution >= 0.6 is 0 Å². The highest BCUT2D eigenvalue weighted by Crippen LogP contribution is 2.13. The van der Waals surface area contributed by atoms with Crippen molar-refractivity contribution < 1.29 is 4.74 Å². The predicted molar refractivity (Wildman–Crippen MR) is 69.4 cm³/mol. The summed E-state index contributed by atoms with van der Waals surface area (Å²) >= 11 is 0. The van der Waals surface area contributed by atoms with E-state index in [1.807, 2.05) is 34.0 Å². The molecular formula is C12H22N4O. The first kappa shape index (κ1) is 13.7. The van der Waals surface area contributed by atoms with E-state index in [9.17, 15) is 0 Å². The molecule has 0 amide bonds. The van der Waals surface area contributed by atoms with Crippen LogP contribution in [0.3, 0.4) is 0 Å². The van der Waals surface area contributed by atoms with Gasteiger partial charge < -0.3 is 15.0 Å². The lowest BCUT2D eigenvalue weighted by molar-refractivity contribution is 0.232. The van der Waals surface area contributed by atoms with Gasteiger partial charge in [-0.25, -0.2) is 9.97 Å². The van der Waals surface area contributed by atoms with Gasteiger partial charge in [-0.1, -0.05) is 0 Å². The summed E-state index contributed by atoms with van der Waals surface area (Å²) in [4.78, 5) is 10.4. The fraction of sp³-hybridized carbons (Fsp3) is 0.667. The average Bonchev–Trinajstić information content (AvgIpc) is 2.14. The smallest absolute Gasteiger partial charge is 0.218 e. The Hall–Kier alpha value is -1.36. The van der Waals surface area contributed by atoms with Gasteiger partial charge in [-0.05, 0) is 34.9 Å². The maximum atomic E-state index is 5.52. The molecule has 0 aliphatic carbocycles. The van der Waals surface area contributed by atoms with Crippen molar-refractivity contribution in [2.24, 2.45) is 0 Å². The third kappa shape index (κ3) is 5.49. The van der Waals surface area contributed by atoms with Crippen LogP contribution in [0.15, 0.2) is 12.4 Å². The minimum Gasteiger partial charge on any atom is -0.475 e. The normalized spacial score (nSPS) is 12.9. The molecule has 0 spiro atoms. The van der Waals surface area contributed by atoms with E-state index in [0.29, 0.717) is 11.9 Å². The molecule has 1 aromatic heterocycles. The van der Waals surface area contributed by atoms with E-state index in [1.54, 1.807) is 0 Å². The largest absolute Gasteiger partial charge is 0.475 e. The van der Waals surface area contributed by atoms with Crippen LogP contribution in [-0.2, 0) is 0 Å². The van der Waals surface area contributed by atoms with Crippen molar-refractivity contribution in [1.29, 1.82) is 0 Å². The fourth-order valence-electron chi connectivity index (χ4n) is 1.57. The summed E-state index contributed by atoms with van der Waals surface area (Å²) in [5.41, 5.74) is 0. The van der Waals surface area contributed by atoms with Crippen LogP contribution in [0.5, 0.6) is 5.88 Å². The number of nitrogens with zero attached hydrogens (tertiary/aromatic N) is 3. The Kier molecular flexibility index (Phi) is 5.15. The number of hydrogen-bond acceptors (Lipinski definition) is 5. The van der Waals surface area contributed by atoms with Gasteiger partial charge in [0.05, 0.1) is 6.10 Å². The van der Waals surface area contributed by atoms with Gasteiger partial charge in [-0.15, -0.1) is 0 Å². The van der Waals surface area contributed by atoms with Crippen molar-refractivity contribution in [1.82, 2.24) is 14.9 Å². The zero-order valence-electron chi connectivity index (χ0n) is 11.3. The van der Waals surface area contributed by atoms with Gasteiger partial charge in [0, 0.05) is 18.7 Å². The first-order valence-electron chi connectivity index (χ1n) is 5.87. The summed E-state index contributed by atoms with van der Waals surface area (Å²) in [5, 5.41) is 3.31. The highest BCUT2D eigenvalue weighted by Gasteiger charge is 2.06. The van der Waals surface area contributed by atoms with Crippen molar-refractivity contribution in [3.63, 3.8) is 0 Å². The number of nitrogens with one attached hydrogen (secondary N) is 1. The Morgan fingerprint density at radius 3 is 2.59 bits per heavy atom.